The number of nitrogens with one attached hydrogen (secondary N) is 2. The first-order valence-corrected chi connectivity index (χ1v) is 7.12. The number of hydrogen-bond donors (Lipinski definition) is 3. The Morgan fingerprint density at radius 2 is 2.40 bits per heavy atom. The third kappa shape index (κ3) is 2.67. The summed E-state index contributed by atoms with van der Waals surface area (Å²) in [6.45, 7) is 2.50. The van der Waals surface area contributed by atoms with Crippen LogP contribution in [0.3, 0.4) is 0 Å². The second-order valence-corrected chi connectivity index (χ2v) is 5.51. The van der Waals surface area contributed by atoms with Crippen molar-refractivity contribution in [1.82, 2.24) is 20.7 Å². The normalized spacial score (nSPS) is 30.7. The summed E-state index contributed by atoms with van der Waals surface area (Å²) in [5.74, 6) is -0.689. The molecule has 2 aliphatic rings. The summed E-state index contributed by atoms with van der Waals surface area (Å²) in [6.07, 6.45) is 4.07. The number of carboxylic acid groups (broad SMARTS) is 1. The second-order valence-electron chi connectivity index (χ2n) is 5.51. The molecule has 20 heavy (non-hydrogen) atoms. The van der Waals surface area contributed by atoms with Crippen LogP contribution in [0.1, 0.15) is 24.6 Å². The first-order chi connectivity index (χ1) is 9.75. The standard InChI is InChI=1S/C14H20N4O2/c19-14(20)13-10(8-16-17-13)9-18-7-3-5-12(18)11-4-1-2-6-15-11/h1-2,4,6,10,12-13,16-17H,3,5,7-9H2,(H,19,20). The monoisotopic (exact) mass is 276 g/mol. The van der Waals surface area contributed by atoms with Crippen molar-refractivity contribution < 1.29 is 9.90 Å². The van der Waals surface area contributed by atoms with E-state index in [1.54, 1.807) is 0 Å². The van der Waals surface area contributed by atoms with Gasteiger partial charge in [0.15, 0.2) is 0 Å². The quantitative estimate of drug-likeness (QED) is 0.739. The highest BCUT2D eigenvalue weighted by molar-refractivity contribution is 5.74. The molecular formula is C14H20N4O2. The molecular weight excluding hydrogens is 256 g/mol. The van der Waals surface area contributed by atoms with Crippen LogP contribution in [0.5, 0.6) is 0 Å². The Hall–Kier alpha value is -1.50. The van der Waals surface area contributed by atoms with E-state index >= 15 is 0 Å². The van der Waals surface area contributed by atoms with Gasteiger partial charge >= 0.3 is 5.97 Å². The molecule has 0 amide bonds. The summed E-state index contributed by atoms with van der Waals surface area (Å²) in [7, 11) is 0. The van der Waals surface area contributed by atoms with E-state index in [-0.39, 0.29) is 5.92 Å². The van der Waals surface area contributed by atoms with E-state index in [2.05, 4.69) is 26.8 Å². The van der Waals surface area contributed by atoms with Crippen LogP contribution in [0.4, 0.5) is 0 Å². The minimum Gasteiger partial charge on any atom is -0.480 e. The van der Waals surface area contributed by atoms with Gasteiger partial charge in [0, 0.05) is 25.2 Å². The highest BCUT2D eigenvalue weighted by atomic mass is 16.4. The van der Waals surface area contributed by atoms with Gasteiger partial charge in [-0.3, -0.25) is 20.1 Å². The number of rotatable bonds is 4. The molecule has 0 bridgehead atoms. The van der Waals surface area contributed by atoms with Crippen molar-refractivity contribution in [3.05, 3.63) is 30.1 Å². The lowest BCUT2D eigenvalue weighted by atomic mass is 10.0. The van der Waals surface area contributed by atoms with Gasteiger partial charge in [-0.2, -0.15) is 0 Å². The summed E-state index contributed by atoms with van der Waals surface area (Å²) in [5, 5.41) is 9.21. The lowest BCUT2D eigenvalue weighted by molar-refractivity contribution is -0.140. The first kappa shape index (κ1) is 13.5. The predicted molar refractivity (Wildman–Crippen MR) is 73.8 cm³/mol. The van der Waals surface area contributed by atoms with Crippen molar-refractivity contribution in [1.29, 1.82) is 0 Å². The van der Waals surface area contributed by atoms with Crippen molar-refractivity contribution in [2.75, 3.05) is 19.6 Å². The van der Waals surface area contributed by atoms with E-state index < -0.39 is 12.0 Å². The Bertz CT molecular complexity index is 468. The molecule has 3 N–H and O–H groups in total. The van der Waals surface area contributed by atoms with Crippen LogP contribution < -0.4 is 10.9 Å². The van der Waals surface area contributed by atoms with E-state index in [4.69, 9.17) is 0 Å². The molecule has 0 radical (unpaired) electrons. The summed E-state index contributed by atoms with van der Waals surface area (Å²) in [6, 6.07) is 5.82. The van der Waals surface area contributed by atoms with Gasteiger partial charge in [-0.25, -0.2) is 5.43 Å². The maximum atomic E-state index is 11.2. The molecule has 3 atom stereocenters. The molecule has 0 saturated carbocycles. The molecule has 2 fully saturated rings. The summed E-state index contributed by atoms with van der Waals surface area (Å²) >= 11 is 0. The number of likely N-dealkylation sites (tertiary alicyclic amines) is 1. The van der Waals surface area contributed by atoms with Gasteiger partial charge in [0.25, 0.3) is 0 Å². The summed E-state index contributed by atoms with van der Waals surface area (Å²) < 4.78 is 0. The van der Waals surface area contributed by atoms with Crippen LogP contribution in [0.15, 0.2) is 24.4 Å². The van der Waals surface area contributed by atoms with Gasteiger partial charge < -0.3 is 5.11 Å². The molecule has 0 aliphatic carbocycles. The Balaban J connectivity index is 1.69. The number of pyridine rings is 1. The van der Waals surface area contributed by atoms with Crippen molar-refractivity contribution in [2.24, 2.45) is 5.92 Å². The Morgan fingerprint density at radius 3 is 3.15 bits per heavy atom. The minimum atomic E-state index is -0.784. The van der Waals surface area contributed by atoms with E-state index in [9.17, 15) is 9.90 Å². The highest BCUT2D eigenvalue weighted by Crippen LogP contribution is 2.31. The van der Waals surface area contributed by atoms with Gasteiger partial charge in [-0.15, -0.1) is 0 Å². The molecule has 0 aromatic carbocycles. The van der Waals surface area contributed by atoms with Crippen LogP contribution in [-0.2, 0) is 4.79 Å². The van der Waals surface area contributed by atoms with Crippen LogP contribution in [-0.4, -0.2) is 46.6 Å². The lowest BCUT2D eigenvalue weighted by Crippen LogP contribution is -2.42. The zero-order valence-corrected chi connectivity index (χ0v) is 11.3. The van der Waals surface area contributed by atoms with E-state index in [0.717, 1.165) is 31.6 Å². The van der Waals surface area contributed by atoms with Crippen LogP contribution in [0, 0.1) is 5.92 Å². The molecule has 1 aromatic rings. The third-order valence-electron chi connectivity index (χ3n) is 4.22. The number of carbonyl (C=O) groups is 1. The van der Waals surface area contributed by atoms with E-state index in [0.29, 0.717) is 12.6 Å². The van der Waals surface area contributed by atoms with Gasteiger partial charge in [-0.05, 0) is 31.5 Å². The number of aliphatic carboxylic acids is 1. The first-order valence-electron chi connectivity index (χ1n) is 7.12. The SMILES string of the molecule is O=C(O)C1NNCC1CN1CCCC1c1ccccn1. The third-order valence-corrected chi connectivity index (χ3v) is 4.22. The molecule has 6 heteroatoms. The molecule has 2 aliphatic heterocycles. The van der Waals surface area contributed by atoms with Crippen molar-refractivity contribution in [3.63, 3.8) is 0 Å². The van der Waals surface area contributed by atoms with Crippen LogP contribution in [0.2, 0.25) is 0 Å². The smallest absolute Gasteiger partial charge is 0.322 e. The molecule has 108 valence electrons. The van der Waals surface area contributed by atoms with Crippen molar-refractivity contribution in [3.8, 4) is 0 Å². The fraction of sp³-hybridized carbons (Fsp3) is 0.571. The van der Waals surface area contributed by atoms with Gasteiger partial charge in [0.1, 0.15) is 6.04 Å². The number of hydrazine groups is 1. The van der Waals surface area contributed by atoms with Gasteiger partial charge in [0.05, 0.1) is 11.7 Å². The summed E-state index contributed by atoms with van der Waals surface area (Å²) in [5.41, 5.74) is 6.90. The lowest BCUT2D eigenvalue weighted by Gasteiger charge is -2.27. The Labute approximate surface area is 118 Å². The molecule has 1 aromatic heterocycles. The molecule has 6 nitrogen and oxygen atoms in total. The average Bonchev–Trinajstić information content (AvgIpc) is 3.09. The maximum absolute atomic E-state index is 11.2. The molecule has 3 unspecified atom stereocenters. The summed E-state index contributed by atoms with van der Waals surface area (Å²) in [4.78, 5) is 18.0. The van der Waals surface area contributed by atoms with Gasteiger partial charge in [0.2, 0.25) is 0 Å². The van der Waals surface area contributed by atoms with E-state index in [1.165, 1.54) is 0 Å². The molecule has 0 spiro atoms. The fourth-order valence-electron chi connectivity index (χ4n) is 3.22. The fourth-order valence-corrected chi connectivity index (χ4v) is 3.22. The van der Waals surface area contributed by atoms with Crippen molar-refractivity contribution in [2.45, 2.75) is 24.9 Å². The highest BCUT2D eigenvalue weighted by Gasteiger charge is 2.36. The predicted octanol–water partition coefficient (Wildman–Crippen LogP) is 0.396. The minimum absolute atomic E-state index is 0.0943. The maximum Gasteiger partial charge on any atom is 0.322 e. The molecule has 3 heterocycles. The topological polar surface area (TPSA) is 77.5 Å². The van der Waals surface area contributed by atoms with Crippen LogP contribution in [0.25, 0.3) is 0 Å². The van der Waals surface area contributed by atoms with Crippen molar-refractivity contribution >= 4 is 5.97 Å². The number of aromatic nitrogens is 1. The Kier molecular flexibility index (Phi) is 3.95. The van der Waals surface area contributed by atoms with E-state index in [1.807, 2.05) is 18.3 Å². The van der Waals surface area contributed by atoms with Crippen LogP contribution >= 0.6 is 0 Å². The molecule has 3 rings (SSSR count). The zero-order valence-electron chi connectivity index (χ0n) is 11.3. The Morgan fingerprint density at radius 1 is 1.50 bits per heavy atom. The number of carboxylic acids is 1. The number of hydrogen-bond acceptors (Lipinski definition) is 5. The zero-order chi connectivity index (χ0) is 13.9. The number of nitrogens with zero attached hydrogens (tertiary/aromatic N) is 2. The largest absolute Gasteiger partial charge is 0.480 e. The second kappa shape index (κ2) is 5.87. The molecule has 2 saturated heterocycles. The van der Waals surface area contributed by atoms with Gasteiger partial charge in [-0.1, -0.05) is 6.07 Å². The average molecular weight is 276 g/mol.